The molecule has 0 aromatic rings. The predicted molar refractivity (Wildman–Crippen MR) is 272 cm³/mol. The first-order chi connectivity index (χ1) is 31.8. The number of nitrogens with one attached hydrogen (secondary N) is 1. The molecule has 0 aliphatic carbocycles. The Morgan fingerprint density at radius 2 is 0.862 bits per heavy atom. The summed E-state index contributed by atoms with van der Waals surface area (Å²) in [5, 5.41) is 54.6. The fourth-order valence-electron chi connectivity index (χ4n) is 9.34. The minimum absolute atomic E-state index is 0.134. The van der Waals surface area contributed by atoms with Gasteiger partial charge in [0.05, 0.1) is 25.4 Å². The highest BCUT2D eigenvalue weighted by molar-refractivity contribution is 5.76. The van der Waals surface area contributed by atoms with Crippen molar-refractivity contribution in [2.75, 3.05) is 13.2 Å². The van der Waals surface area contributed by atoms with Gasteiger partial charge in [-0.1, -0.05) is 251 Å². The van der Waals surface area contributed by atoms with Crippen molar-refractivity contribution >= 4 is 5.91 Å². The zero-order chi connectivity index (χ0) is 47.3. The third kappa shape index (κ3) is 36.6. The third-order valence-electron chi connectivity index (χ3n) is 13.9. The fraction of sp³-hybridized carbons (Fsp3) is 0.946. The van der Waals surface area contributed by atoms with Gasteiger partial charge in [0.25, 0.3) is 0 Å². The molecule has 1 amide bonds. The van der Waals surface area contributed by atoms with E-state index in [1.165, 1.54) is 218 Å². The van der Waals surface area contributed by atoms with Gasteiger partial charge >= 0.3 is 0 Å². The maximum Gasteiger partial charge on any atom is 0.220 e. The van der Waals surface area contributed by atoms with Gasteiger partial charge in [-0.3, -0.25) is 4.79 Å². The first kappa shape index (κ1) is 61.9. The highest BCUT2D eigenvalue weighted by atomic mass is 16.7. The van der Waals surface area contributed by atoms with Gasteiger partial charge in [0.1, 0.15) is 24.4 Å². The number of aliphatic hydroxyl groups is 5. The van der Waals surface area contributed by atoms with Crippen LogP contribution in [0.4, 0.5) is 0 Å². The molecule has 7 unspecified atom stereocenters. The van der Waals surface area contributed by atoms with Gasteiger partial charge in [-0.25, -0.2) is 0 Å². The lowest BCUT2D eigenvalue weighted by Crippen LogP contribution is -2.60. The molecule has 0 aromatic carbocycles. The minimum atomic E-state index is -1.55. The van der Waals surface area contributed by atoms with E-state index in [1.54, 1.807) is 0 Å². The summed E-state index contributed by atoms with van der Waals surface area (Å²) >= 11 is 0. The minimum Gasteiger partial charge on any atom is -0.394 e. The molecule has 0 saturated carbocycles. The molecular formula is C56H109NO8. The standard InChI is InChI=1S/C56H109NO8/c1-3-5-7-9-11-13-15-17-19-20-21-22-23-24-25-26-27-28-29-30-32-34-36-38-40-42-44-46-52(60)57-49(48-64-56-55(63)54(62)53(61)51(47-58)65-56)50(59)45-43-41-39-37-35-33-31-18-16-14-12-10-8-6-4-2/h24-25,49-51,53-56,58-59,61-63H,3-23,26-48H2,1-2H3,(H,57,60)/b25-24-. The summed E-state index contributed by atoms with van der Waals surface area (Å²) in [6.45, 7) is 3.87. The van der Waals surface area contributed by atoms with E-state index in [4.69, 9.17) is 9.47 Å². The molecule has 0 aromatic heterocycles. The fourth-order valence-corrected chi connectivity index (χ4v) is 9.34. The Hall–Kier alpha value is -1.07. The van der Waals surface area contributed by atoms with Crippen molar-refractivity contribution in [3.8, 4) is 0 Å². The number of allylic oxidation sites excluding steroid dienone is 2. The van der Waals surface area contributed by atoms with Crippen LogP contribution in [0, 0.1) is 0 Å². The Bertz CT molecular complexity index is 1030. The van der Waals surface area contributed by atoms with Crippen LogP contribution in [0.25, 0.3) is 0 Å². The summed E-state index contributed by atoms with van der Waals surface area (Å²) in [6, 6.07) is -0.716. The highest BCUT2D eigenvalue weighted by Gasteiger charge is 2.44. The first-order valence-corrected chi connectivity index (χ1v) is 28.4. The Morgan fingerprint density at radius 1 is 0.508 bits per heavy atom. The molecule has 0 spiro atoms. The molecular weight excluding hydrogens is 815 g/mol. The van der Waals surface area contributed by atoms with Crippen LogP contribution < -0.4 is 5.32 Å². The molecule has 1 heterocycles. The zero-order valence-corrected chi connectivity index (χ0v) is 42.8. The number of carbonyl (C=O) groups excluding carboxylic acids is 1. The van der Waals surface area contributed by atoms with Crippen molar-refractivity contribution in [1.82, 2.24) is 5.32 Å². The average Bonchev–Trinajstić information content (AvgIpc) is 3.31. The number of ether oxygens (including phenoxy) is 2. The van der Waals surface area contributed by atoms with Gasteiger partial charge in [0.2, 0.25) is 5.91 Å². The topological polar surface area (TPSA) is 149 Å². The van der Waals surface area contributed by atoms with Crippen molar-refractivity contribution in [1.29, 1.82) is 0 Å². The Morgan fingerprint density at radius 3 is 1.25 bits per heavy atom. The summed E-state index contributed by atoms with van der Waals surface area (Å²) in [4.78, 5) is 13.1. The Labute approximate surface area is 401 Å². The van der Waals surface area contributed by atoms with Crippen LogP contribution >= 0.6 is 0 Å². The van der Waals surface area contributed by atoms with E-state index < -0.39 is 49.5 Å². The predicted octanol–water partition coefficient (Wildman–Crippen LogP) is 13.6. The van der Waals surface area contributed by atoms with Crippen LogP contribution in [-0.2, 0) is 14.3 Å². The van der Waals surface area contributed by atoms with Gasteiger partial charge in [0.15, 0.2) is 6.29 Å². The molecule has 65 heavy (non-hydrogen) atoms. The number of unbranched alkanes of at least 4 members (excludes halogenated alkanes) is 37. The summed E-state index contributed by atoms with van der Waals surface area (Å²) in [6.07, 6.45) is 49.5. The number of rotatable bonds is 49. The van der Waals surface area contributed by atoms with Crippen molar-refractivity contribution < 1.29 is 39.8 Å². The molecule has 1 aliphatic rings. The van der Waals surface area contributed by atoms with Crippen LogP contribution in [0.2, 0.25) is 0 Å². The average molecular weight is 924 g/mol. The maximum absolute atomic E-state index is 13.1. The molecule has 9 heteroatoms. The number of hydrogen-bond donors (Lipinski definition) is 6. The lowest BCUT2D eigenvalue weighted by Gasteiger charge is -2.40. The molecule has 1 aliphatic heterocycles. The van der Waals surface area contributed by atoms with E-state index >= 15 is 0 Å². The van der Waals surface area contributed by atoms with Crippen LogP contribution in [0.3, 0.4) is 0 Å². The monoisotopic (exact) mass is 924 g/mol. The molecule has 1 fully saturated rings. The molecule has 9 nitrogen and oxygen atoms in total. The Balaban J connectivity index is 2.17. The molecule has 7 atom stereocenters. The number of carbonyl (C=O) groups is 1. The van der Waals surface area contributed by atoms with Crippen molar-refractivity contribution in [3.63, 3.8) is 0 Å². The van der Waals surface area contributed by atoms with E-state index in [9.17, 15) is 30.3 Å². The van der Waals surface area contributed by atoms with Crippen molar-refractivity contribution in [2.24, 2.45) is 0 Å². The summed E-state index contributed by atoms with van der Waals surface area (Å²) in [5.74, 6) is -0.141. The number of amides is 1. The smallest absolute Gasteiger partial charge is 0.220 e. The lowest BCUT2D eigenvalue weighted by atomic mass is 9.99. The van der Waals surface area contributed by atoms with Crippen LogP contribution in [0.5, 0.6) is 0 Å². The number of aliphatic hydroxyl groups excluding tert-OH is 5. The molecule has 6 N–H and O–H groups in total. The second-order valence-corrected chi connectivity index (χ2v) is 20.1. The molecule has 1 saturated heterocycles. The van der Waals surface area contributed by atoms with E-state index in [-0.39, 0.29) is 12.5 Å². The van der Waals surface area contributed by atoms with Gasteiger partial charge in [0, 0.05) is 6.42 Å². The molecule has 386 valence electrons. The van der Waals surface area contributed by atoms with Crippen LogP contribution in [-0.4, -0.2) is 87.5 Å². The van der Waals surface area contributed by atoms with Gasteiger partial charge in [-0.15, -0.1) is 0 Å². The third-order valence-corrected chi connectivity index (χ3v) is 13.9. The highest BCUT2D eigenvalue weighted by Crippen LogP contribution is 2.23. The molecule has 0 bridgehead atoms. The second kappa shape index (κ2) is 46.6. The van der Waals surface area contributed by atoms with Crippen molar-refractivity contribution in [3.05, 3.63) is 12.2 Å². The van der Waals surface area contributed by atoms with E-state index in [0.29, 0.717) is 12.8 Å². The maximum atomic E-state index is 13.1. The molecule has 1 rings (SSSR count). The van der Waals surface area contributed by atoms with Crippen molar-refractivity contribution in [2.45, 2.75) is 326 Å². The normalized spacial score (nSPS) is 19.9. The Kier molecular flexibility index (Phi) is 44.5. The lowest BCUT2D eigenvalue weighted by molar-refractivity contribution is -0.302. The summed E-state index contributed by atoms with van der Waals surface area (Å²) < 4.78 is 11.3. The summed E-state index contributed by atoms with van der Waals surface area (Å²) in [7, 11) is 0. The van der Waals surface area contributed by atoms with E-state index in [2.05, 4.69) is 31.3 Å². The SMILES string of the molecule is CCCCCCCCCCCCCC/C=C\CCCCCCCCCCCCCC(=O)NC(COC1OC(CO)C(O)C(O)C1O)C(O)CCCCCCCCCCCCCCCCC. The van der Waals surface area contributed by atoms with Gasteiger partial charge < -0.3 is 40.3 Å². The zero-order valence-electron chi connectivity index (χ0n) is 42.8. The second-order valence-electron chi connectivity index (χ2n) is 20.1. The van der Waals surface area contributed by atoms with E-state index in [1.807, 2.05) is 0 Å². The summed E-state index contributed by atoms with van der Waals surface area (Å²) in [5.41, 5.74) is 0. The first-order valence-electron chi connectivity index (χ1n) is 28.4. The van der Waals surface area contributed by atoms with Gasteiger partial charge in [-0.2, -0.15) is 0 Å². The van der Waals surface area contributed by atoms with Crippen LogP contribution in [0.1, 0.15) is 284 Å². The quantitative estimate of drug-likeness (QED) is 0.0261. The molecule has 0 radical (unpaired) electrons. The van der Waals surface area contributed by atoms with Gasteiger partial charge in [-0.05, 0) is 38.5 Å². The number of hydrogen-bond acceptors (Lipinski definition) is 8. The largest absolute Gasteiger partial charge is 0.394 e. The van der Waals surface area contributed by atoms with E-state index in [0.717, 1.165) is 38.5 Å². The van der Waals surface area contributed by atoms with Crippen LogP contribution in [0.15, 0.2) is 12.2 Å².